The third-order valence-electron chi connectivity index (χ3n) is 4.09. The summed E-state index contributed by atoms with van der Waals surface area (Å²) in [5.74, 6) is -4.17. The molecule has 1 unspecified atom stereocenters. The average molecular weight is 393 g/mol. The van der Waals surface area contributed by atoms with E-state index in [1.54, 1.807) is 13.8 Å². The van der Waals surface area contributed by atoms with E-state index in [2.05, 4.69) is 10.6 Å². The van der Waals surface area contributed by atoms with Gasteiger partial charge in [0.1, 0.15) is 17.5 Å². The van der Waals surface area contributed by atoms with E-state index in [-0.39, 0.29) is 22.9 Å². The summed E-state index contributed by atoms with van der Waals surface area (Å²) in [7, 11) is 2.99. The highest BCUT2D eigenvalue weighted by Gasteiger charge is 2.26. The summed E-state index contributed by atoms with van der Waals surface area (Å²) in [5.41, 5.74) is -0.518. The van der Waals surface area contributed by atoms with Gasteiger partial charge in [-0.15, -0.1) is 0 Å². The van der Waals surface area contributed by atoms with Crippen LogP contribution in [0.2, 0.25) is 0 Å². The minimum atomic E-state index is -1.04. The number of amides is 2. The minimum Gasteiger partial charge on any atom is -0.373 e. The second-order valence-electron chi connectivity index (χ2n) is 6.85. The molecule has 28 heavy (non-hydrogen) atoms. The Kier molecular flexibility index (Phi) is 6.66. The topological polar surface area (TPSA) is 61.4 Å². The number of halogens is 3. The summed E-state index contributed by atoms with van der Waals surface area (Å²) in [6.07, 6.45) is 0. The Morgan fingerprint density at radius 2 is 1.54 bits per heavy atom. The Morgan fingerprint density at radius 3 is 2.04 bits per heavy atom. The smallest absolute Gasteiger partial charge is 0.254 e. The van der Waals surface area contributed by atoms with Crippen LogP contribution in [0, 0.1) is 23.4 Å². The van der Waals surface area contributed by atoms with Gasteiger partial charge in [-0.1, -0.05) is 26.0 Å². The first kappa shape index (κ1) is 21.3. The first-order valence-electron chi connectivity index (χ1n) is 8.64. The van der Waals surface area contributed by atoms with Gasteiger partial charge in [-0.25, -0.2) is 13.2 Å². The summed E-state index contributed by atoms with van der Waals surface area (Å²) in [5, 5.41) is 4.86. The van der Waals surface area contributed by atoms with E-state index in [1.807, 2.05) is 0 Å². The van der Waals surface area contributed by atoms with Gasteiger partial charge >= 0.3 is 0 Å². The number of nitrogens with one attached hydrogen (secondary N) is 2. The Bertz CT molecular complexity index is 862. The van der Waals surface area contributed by atoms with Gasteiger partial charge in [-0.2, -0.15) is 0 Å². The van der Waals surface area contributed by atoms with Crippen molar-refractivity contribution in [2.45, 2.75) is 19.9 Å². The number of hydrogen-bond acceptors (Lipinski definition) is 3. The molecule has 8 heteroatoms. The molecule has 0 saturated heterocycles. The molecule has 2 amide bonds. The number of carbonyl (C=O) groups excluding carboxylic acids is 2. The molecule has 150 valence electrons. The van der Waals surface area contributed by atoms with Crippen molar-refractivity contribution < 1.29 is 22.8 Å². The van der Waals surface area contributed by atoms with Gasteiger partial charge in [0.2, 0.25) is 5.91 Å². The van der Waals surface area contributed by atoms with E-state index in [0.29, 0.717) is 0 Å². The van der Waals surface area contributed by atoms with Gasteiger partial charge < -0.3 is 15.5 Å². The van der Waals surface area contributed by atoms with Crippen molar-refractivity contribution in [2.24, 2.45) is 5.92 Å². The second kappa shape index (κ2) is 8.77. The Morgan fingerprint density at radius 1 is 0.964 bits per heavy atom. The van der Waals surface area contributed by atoms with Crippen LogP contribution in [0.1, 0.15) is 24.2 Å². The maximum absolute atomic E-state index is 14.1. The van der Waals surface area contributed by atoms with Gasteiger partial charge in [-0.3, -0.25) is 9.59 Å². The maximum atomic E-state index is 14.1. The monoisotopic (exact) mass is 393 g/mol. The predicted molar refractivity (Wildman–Crippen MR) is 102 cm³/mol. The van der Waals surface area contributed by atoms with Crippen molar-refractivity contribution in [1.82, 2.24) is 5.32 Å². The first-order chi connectivity index (χ1) is 13.1. The predicted octanol–water partition coefficient (Wildman–Crippen LogP) is 3.56. The van der Waals surface area contributed by atoms with E-state index in [1.165, 1.54) is 37.2 Å². The lowest BCUT2D eigenvalue weighted by molar-refractivity contribution is -0.118. The van der Waals surface area contributed by atoms with E-state index >= 15 is 0 Å². The Labute approximate surface area is 161 Å². The Hall–Kier alpha value is -3.03. The van der Waals surface area contributed by atoms with Gasteiger partial charge in [-0.05, 0) is 30.2 Å². The summed E-state index contributed by atoms with van der Waals surface area (Å²) in [6.45, 7) is 3.37. The number of benzene rings is 2. The number of anilines is 2. The molecule has 0 spiro atoms. The number of rotatable bonds is 6. The maximum Gasteiger partial charge on any atom is 0.254 e. The van der Waals surface area contributed by atoms with Crippen LogP contribution >= 0.6 is 0 Å². The lowest BCUT2D eigenvalue weighted by Gasteiger charge is -2.22. The molecule has 2 N–H and O–H groups in total. The van der Waals surface area contributed by atoms with Gasteiger partial charge in [0, 0.05) is 19.8 Å². The molecule has 0 aliphatic carbocycles. The highest BCUT2D eigenvalue weighted by molar-refractivity contribution is 6.01. The van der Waals surface area contributed by atoms with Crippen LogP contribution in [-0.4, -0.2) is 32.0 Å². The van der Waals surface area contributed by atoms with Crippen LogP contribution in [0.25, 0.3) is 0 Å². The van der Waals surface area contributed by atoms with Crippen LogP contribution < -0.4 is 15.5 Å². The normalized spacial score (nSPS) is 11.9. The third-order valence-corrected chi connectivity index (χ3v) is 4.09. The van der Waals surface area contributed by atoms with Gasteiger partial charge in [0.15, 0.2) is 11.6 Å². The lowest BCUT2D eigenvalue weighted by Crippen LogP contribution is -2.47. The number of carbonyl (C=O) groups is 2. The molecule has 0 aliphatic heterocycles. The second-order valence-corrected chi connectivity index (χ2v) is 6.85. The first-order valence-corrected chi connectivity index (χ1v) is 8.64. The molecule has 2 aromatic carbocycles. The molecule has 2 aromatic rings. The van der Waals surface area contributed by atoms with Crippen molar-refractivity contribution in [2.75, 3.05) is 24.3 Å². The molecule has 0 bridgehead atoms. The summed E-state index contributed by atoms with van der Waals surface area (Å²) < 4.78 is 42.0. The summed E-state index contributed by atoms with van der Waals surface area (Å²) >= 11 is 0. The van der Waals surface area contributed by atoms with Crippen molar-refractivity contribution in [3.05, 3.63) is 59.4 Å². The van der Waals surface area contributed by atoms with Crippen molar-refractivity contribution in [1.29, 1.82) is 0 Å². The Balaban J connectivity index is 2.20. The fraction of sp³-hybridized carbons (Fsp3) is 0.300. The highest BCUT2D eigenvalue weighted by atomic mass is 19.1. The zero-order valence-corrected chi connectivity index (χ0v) is 16.0. The van der Waals surface area contributed by atoms with Crippen LogP contribution in [0.4, 0.5) is 24.5 Å². The zero-order valence-electron chi connectivity index (χ0n) is 16.0. The van der Waals surface area contributed by atoms with E-state index in [9.17, 15) is 22.8 Å². The number of nitrogens with zero attached hydrogens (tertiary/aromatic N) is 1. The molecule has 0 heterocycles. The van der Waals surface area contributed by atoms with Crippen LogP contribution in [0.15, 0.2) is 36.4 Å². The van der Waals surface area contributed by atoms with Crippen molar-refractivity contribution in [3.63, 3.8) is 0 Å². The molecule has 5 nitrogen and oxygen atoms in total. The third kappa shape index (κ3) is 4.82. The summed E-state index contributed by atoms with van der Waals surface area (Å²) in [4.78, 5) is 26.2. The molecule has 0 fully saturated rings. The minimum absolute atomic E-state index is 0.0867. The fourth-order valence-corrected chi connectivity index (χ4v) is 2.68. The van der Waals surface area contributed by atoms with Gasteiger partial charge in [0.25, 0.3) is 5.91 Å². The lowest BCUT2D eigenvalue weighted by atomic mass is 10.0. The van der Waals surface area contributed by atoms with Crippen molar-refractivity contribution >= 4 is 23.2 Å². The molecule has 0 aliphatic rings. The largest absolute Gasteiger partial charge is 0.373 e. The fourth-order valence-electron chi connectivity index (χ4n) is 2.68. The van der Waals surface area contributed by atoms with E-state index in [0.717, 1.165) is 18.2 Å². The zero-order chi connectivity index (χ0) is 21.0. The van der Waals surface area contributed by atoms with Crippen LogP contribution in [-0.2, 0) is 4.79 Å². The molecule has 0 saturated carbocycles. The molecular formula is C20H22F3N3O2. The standard InChI is InChI=1S/C20H22F3N3O2/c1-11(2)17(25-19(27)13-7-5-6-8-14(13)21)20(28)24-12-9-15(22)18(26(3)4)16(23)10-12/h5-11,17H,1-4H3,(H,24,28)(H,25,27). The van der Waals surface area contributed by atoms with Crippen LogP contribution in [0.3, 0.4) is 0 Å². The van der Waals surface area contributed by atoms with E-state index in [4.69, 9.17) is 0 Å². The highest BCUT2D eigenvalue weighted by Crippen LogP contribution is 2.25. The van der Waals surface area contributed by atoms with Crippen LogP contribution in [0.5, 0.6) is 0 Å². The molecule has 0 aromatic heterocycles. The number of hydrogen-bond donors (Lipinski definition) is 2. The molecule has 0 radical (unpaired) electrons. The summed E-state index contributed by atoms with van der Waals surface area (Å²) in [6, 6.07) is 6.33. The van der Waals surface area contributed by atoms with E-state index < -0.39 is 35.3 Å². The van der Waals surface area contributed by atoms with Crippen molar-refractivity contribution in [3.8, 4) is 0 Å². The molecular weight excluding hydrogens is 371 g/mol. The SMILES string of the molecule is CC(C)C(NC(=O)c1ccccc1F)C(=O)Nc1cc(F)c(N(C)C)c(F)c1. The van der Waals surface area contributed by atoms with Gasteiger partial charge in [0.05, 0.1) is 5.56 Å². The quantitative estimate of drug-likeness (QED) is 0.789. The molecule has 1 atom stereocenters. The molecule has 2 rings (SSSR count). The average Bonchev–Trinajstić information content (AvgIpc) is 2.58.